The zero-order chi connectivity index (χ0) is 18.7. The number of carbonyl (C=O) groups excluding carboxylic acids is 1. The monoisotopic (exact) mass is 386 g/mol. The molecule has 0 aliphatic carbocycles. The van der Waals surface area contributed by atoms with Crippen LogP contribution in [0.2, 0.25) is 10.0 Å². The Balaban J connectivity index is 2.02. The number of piperidine rings is 1. The third kappa shape index (κ3) is 5.09. The summed E-state index contributed by atoms with van der Waals surface area (Å²) in [5.41, 5.74) is 0.794. The highest BCUT2D eigenvalue weighted by Crippen LogP contribution is 2.27. The van der Waals surface area contributed by atoms with Gasteiger partial charge in [-0.3, -0.25) is 14.5 Å². The number of rotatable bonds is 5. The van der Waals surface area contributed by atoms with E-state index in [1.807, 2.05) is 25.7 Å². The Morgan fingerprint density at radius 1 is 1.28 bits per heavy atom. The molecule has 4 atom stereocenters. The van der Waals surface area contributed by atoms with Crippen LogP contribution in [0.25, 0.3) is 0 Å². The number of amides is 1. The first kappa shape index (κ1) is 20.0. The molecule has 1 aromatic carbocycles. The van der Waals surface area contributed by atoms with Crippen LogP contribution in [0.15, 0.2) is 18.2 Å². The molecule has 4 unspecified atom stereocenters. The lowest BCUT2D eigenvalue weighted by molar-refractivity contribution is -0.146. The van der Waals surface area contributed by atoms with Gasteiger partial charge in [-0.15, -0.1) is 0 Å². The van der Waals surface area contributed by atoms with E-state index >= 15 is 0 Å². The molecule has 7 heteroatoms. The third-order valence-electron chi connectivity index (χ3n) is 4.75. The van der Waals surface area contributed by atoms with E-state index in [2.05, 4.69) is 5.32 Å². The highest BCUT2D eigenvalue weighted by atomic mass is 35.5. The summed E-state index contributed by atoms with van der Waals surface area (Å²) in [6.45, 7) is 6.79. The molecule has 1 aromatic rings. The van der Waals surface area contributed by atoms with Gasteiger partial charge in [0, 0.05) is 23.1 Å². The Morgan fingerprint density at radius 3 is 2.56 bits per heavy atom. The fraction of sp³-hybridized carbons (Fsp3) is 0.556. The number of hydrogen-bond acceptors (Lipinski definition) is 3. The van der Waals surface area contributed by atoms with Gasteiger partial charge in [-0.1, -0.05) is 36.2 Å². The Morgan fingerprint density at radius 2 is 1.96 bits per heavy atom. The van der Waals surface area contributed by atoms with Gasteiger partial charge in [-0.05, 0) is 43.9 Å². The van der Waals surface area contributed by atoms with Crippen LogP contribution in [-0.4, -0.2) is 41.0 Å². The zero-order valence-corrected chi connectivity index (χ0v) is 16.1. The van der Waals surface area contributed by atoms with Gasteiger partial charge < -0.3 is 10.4 Å². The van der Waals surface area contributed by atoms with Crippen molar-refractivity contribution in [1.29, 1.82) is 0 Å². The molecule has 25 heavy (non-hydrogen) atoms. The lowest BCUT2D eigenvalue weighted by Gasteiger charge is -2.38. The minimum atomic E-state index is -0.800. The number of nitrogens with one attached hydrogen (secondary N) is 1. The van der Waals surface area contributed by atoms with Crippen molar-refractivity contribution in [2.24, 2.45) is 11.8 Å². The van der Waals surface area contributed by atoms with Crippen molar-refractivity contribution < 1.29 is 14.7 Å². The molecule has 5 nitrogen and oxygen atoms in total. The second kappa shape index (κ2) is 8.39. The molecule has 0 aromatic heterocycles. The van der Waals surface area contributed by atoms with E-state index < -0.39 is 17.9 Å². The van der Waals surface area contributed by atoms with Crippen molar-refractivity contribution in [3.05, 3.63) is 33.8 Å². The fourth-order valence-electron chi connectivity index (χ4n) is 3.32. The predicted molar refractivity (Wildman–Crippen MR) is 99.0 cm³/mol. The maximum Gasteiger partial charge on any atom is 0.307 e. The van der Waals surface area contributed by atoms with Crippen molar-refractivity contribution in [2.75, 3.05) is 13.1 Å². The summed E-state index contributed by atoms with van der Waals surface area (Å²) in [5.74, 6) is -1.13. The van der Waals surface area contributed by atoms with Crippen LogP contribution < -0.4 is 5.32 Å². The summed E-state index contributed by atoms with van der Waals surface area (Å²) >= 11 is 12.1. The molecule has 1 fully saturated rings. The molecule has 2 rings (SSSR count). The van der Waals surface area contributed by atoms with E-state index in [-0.39, 0.29) is 17.9 Å². The van der Waals surface area contributed by atoms with Gasteiger partial charge in [-0.2, -0.15) is 0 Å². The molecule has 0 saturated carbocycles. The van der Waals surface area contributed by atoms with E-state index in [1.54, 1.807) is 18.2 Å². The average molecular weight is 387 g/mol. The number of carboxylic acid groups (broad SMARTS) is 1. The molecular weight excluding hydrogens is 363 g/mol. The minimum absolute atomic E-state index is 0.142. The van der Waals surface area contributed by atoms with E-state index in [9.17, 15) is 14.7 Å². The summed E-state index contributed by atoms with van der Waals surface area (Å²) in [4.78, 5) is 25.9. The first-order valence-corrected chi connectivity index (χ1v) is 9.16. The molecule has 1 aliphatic heterocycles. The lowest BCUT2D eigenvalue weighted by Crippen LogP contribution is -2.52. The largest absolute Gasteiger partial charge is 0.481 e. The van der Waals surface area contributed by atoms with Crippen LogP contribution in [0.4, 0.5) is 0 Å². The number of nitrogens with zero attached hydrogens (tertiary/aromatic N) is 1. The summed E-state index contributed by atoms with van der Waals surface area (Å²) in [6, 6.07) is 4.51. The molecular formula is C18H24Cl2N2O3. The standard InChI is InChI=1S/C18H24Cl2N2O3/c1-10-6-13(18(24)25)9-22(8-10)12(3)17(23)21-11(2)15-5-4-14(19)7-16(15)20/h4-5,7,10-13H,6,8-9H2,1-3H3,(H,21,23)(H,24,25). The topological polar surface area (TPSA) is 69.6 Å². The smallest absolute Gasteiger partial charge is 0.307 e. The Hall–Kier alpha value is -1.30. The molecule has 0 bridgehead atoms. The van der Waals surface area contributed by atoms with Gasteiger partial charge in [0.15, 0.2) is 0 Å². The maximum absolute atomic E-state index is 12.6. The van der Waals surface area contributed by atoms with Gasteiger partial charge in [0.2, 0.25) is 5.91 Å². The first-order chi connectivity index (χ1) is 11.7. The average Bonchev–Trinajstić information content (AvgIpc) is 2.53. The molecule has 1 aliphatic rings. The van der Waals surface area contributed by atoms with Crippen molar-refractivity contribution in [1.82, 2.24) is 10.2 Å². The van der Waals surface area contributed by atoms with Crippen LogP contribution in [0, 0.1) is 11.8 Å². The van der Waals surface area contributed by atoms with Crippen LogP contribution in [-0.2, 0) is 9.59 Å². The second-order valence-corrected chi connectivity index (χ2v) is 7.75. The zero-order valence-electron chi connectivity index (χ0n) is 14.6. The van der Waals surface area contributed by atoms with E-state index in [0.29, 0.717) is 29.6 Å². The van der Waals surface area contributed by atoms with E-state index in [0.717, 1.165) is 5.56 Å². The van der Waals surface area contributed by atoms with Gasteiger partial charge in [0.25, 0.3) is 0 Å². The molecule has 2 N–H and O–H groups in total. The molecule has 0 spiro atoms. The maximum atomic E-state index is 12.6. The first-order valence-electron chi connectivity index (χ1n) is 8.41. The SMILES string of the molecule is CC1CC(C(=O)O)CN(C(C)C(=O)NC(C)c2ccc(Cl)cc2Cl)C1. The van der Waals surface area contributed by atoms with Gasteiger partial charge in [0.1, 0.15) is 0 Å². The van der Waals surface area contributed by atoms with Crippen molar-refractivity contribution >= 4 is 35.1 Å². The van der Waals surface area contributed by atoms with E-state index in [1.165, 1.54) is 0 Å². The molecule has 1 amide bonds. The fourth-order valence-corrected chi connectivity index (χ4v) is 3.89. The normalized spacial score (nSPS) is 23.7. The van der Waals surface area contributed by atoms with Crippen LogP contribution in [0.1, 0.15) is 38.8 Å². The van der Waals surface area contributed by atoms with Crippen molar-refractivity contribution in [2.45, 2.75) is 39.3 Å². The molecule has 1 saturated heterocycles. The molecule has 1 heterocycles. The molecule has 138 valence electrons. The molecule has 0 radical (unpaired) electrons. The lowest BCUT2D eigenvalue weighted by atomic mass is 9.89. The summed E-state index contributed by atoms with van der Waals surface area (Å²) in [5, 5.41) is 13.3. The van der Waals surface area contributed by atoms with Crippen LogP contribution in [0.3, 0.4) is 0 Å². The highest BCUT2D eigenvalue weighted by molar-refractivity contribution is 6.35. The number of benzene rings is 1. The van der Waals surface area contributed by atoms with Crippen molar-refractivity contribution in [3.8, 4) is 0 Å². The Kier molecular flexibility index (Phi) is 6.72. The van der Waals surface area contributed by atoms with E-state index in [4.69, 9.17) is 23.2 Å². The number of aliphatic carboxylic acids is 1. The summed E-state index contributed by atoms with van der Waals surface area (Å²) in [6.07, 6.45) is 0.650. The van der Waals surface area contributed by atoms with Crippen molar-refractivity contribution in [3.63, 3.8) is 0 Å². The van der Waals surface area contributed by atoms with Gasteiger partial charge in [0.05, 0.1) is 18.0 Å². The quantitative estimate of drug-likeness (QED) is 0.810. The second-order valence-electron chi connectivity index (χ2n) is 6.90. The minimum Gasteiger partial charge on any atom is -0.481 e. The third-order valence-corrected chi connectivity index (χ3v) is 5.31. The highest BCUT2D eigenvalue weighted by Gasteiger charge is 2.34. The predicted octanol–water partition coefficient (Wildman–Crippen LogP) is 3.60. The van der Waals surface area contributed by atoms with Gasteiger partial charge >= 0.3 is 5.97 Å². The van der Waals surface area contributed by atoms with Crippen LogP contribution >= 0.6 is 23.2 Å². The number of carbonyl (C=O) groups is 2. The summed E-state index contributed by atoms with van der Waals surface area (Å²) < 4.78 is 0. The Labute approximate surface area is 158 Å². The number of hydrogen-bond donors (Lipinski definition) is 2. The van der Waals surface area contributed by atoms with Gasteiger partial charge in [-0.25, -0.2) is 0 Å². The Bertz CT molecular complexity index is 653. The number of carboxylic acids is 1. The van der Waals surface area contributed by atoms with Crippen LogP contribution in [0.5, 0.6) is 0 Å². The summed E-state index contributed by atoms with van der Waals surface area (Å²) in [7, 11) is 0. The number of likely N-dealkylation sites (tertiary alicyclic amines) is 1. The number of halogens is 2.